The molecule has 0 spiro atoms. The van der Waals surface area contributed by atoms with Crippen LogP contribution in [0.25, 0.3) is 0 Å². The summed E-state index contributed by atoms with van der Waals surface area (Å²) in [6, 6.07) is 1.90. The second-order valence-corrected chi connectivity index (χ2v) is 6.20. The van der Waals surface area contributed by atoms with E-state index in [-0.39, 0.29) is 5.54 Å². The van der Waals surface area contributed by atoms with Crippen LogP contribution in [0.2, 0.25) is 0 Å². The minimum absolute atomic E-state index is 0.387. The maximum Gasteiger partial charge on any atom is 0.408 e. The predicted octanol–water partition coefficient (Wildman–Crippen LogP) is 1.80. The Morgan fingerprint density at radius 3 is 2.58 bits per heavy atom. The molecule has 1 rings (SSSR count). The second-order valence-electron chi connectivity index (χ2n) is 6.20. The zero-order valence-corrected chi connectivity index (χ0v) is 12.3. The highest BCUT2D eigenvalue weighted by Gasteiger charge is 2.24. The van der Waals surface area contributed by atoms with Gasteiger partial charge < -0.3 is 15.4 Å². The lowest BCUT2D eigenvalue weighted by Gasteiger charge is -2.28. The number of rotatable bonds is 5. The van der Waals surface area contributed by atoms with E-state index in [9.17, 15) is 4.79 Å². The Kier molecular flexibility index (Phi) is 4.94. The van der Waals surface area contributed by atoms with Crippen LogP contribution in [-0.2, 0) is 11.3 Å². The van der Waals surface area contributed by atoms with Crippen molar-refractivity contribution >= 4 is 6.09 Å². The first-order valence-electron chi connectivity index (χ1n) is 6.38. The molecule has 0 aliphatic heterocycles. The Bertz CT molecular complexity index is 393. The summed E-state index contributed by atoms with van der Waals surface area (Å²) in [5.41, 5.74) is 0.138. The molecule has 1 aromatic heterocycles. The average Bonchev–Trinajstić information content (AvgIpc) is 2.65. The fourth-order valence-corrected chi connectivity index (χ4v) is 1.52. The number of alkyl carbamates (subject to hydrolysis) is 1. The summed E-state index contributed by atoms with van der Waals surface area (Å²) < 4.78 is 5.23. The number of ether oxygens (including phenoxy) is 1. The Labute approximate surface area is 114 Å². The first kappa shape index (κ1) is 15.5. The highest BCUT2D eigenvalue weighted by atomic mass is 16.6. The Hall–Kier alpha value is -1.56. The third-order valence-electron chi connectivity index (χ3n) is 2.28. The number of aromatic amines is 1. The number of H-pyrrole nitrogens is 1. The van der Waals surface area contributed by atoms with E-state index in [2.05, 4.69) is 20.8 Å². The lowest BCUT2D eigenvalue weighted by atomic mass is 10.1. The molecule has 3 N–H and O–H groups in total. The van der Waals surface area contributed by atoms with Crippen molar-refractivity contribution in [1.29, 1.82) is 0 Å². The summed E-state index contributed by atoms with van der Waals surface area (Å²) in [6.45, 7) is 10.7. The molecule has 0 aliphatic carbocycles. The van der Waals surface area contributed by atoms with Gasteiger partial charge in [0.05, 0.1) is 5.54 Å². The maximum absolute atomic E-state index is 11.7. The normalized spacial score (nSPS) is 12.3. The molecule has 0 bridgehead atoms. The molecular formula is C13H24N4O2. The molecule has 0 saturated carbocycles. The molecule has 0 fully saturated rings. The summed E-state index contributed by atoms with van der Waals surface area (Å²) in [5, 5.41) is 12.8. The SMILES string of the molecule is CC(C)(CNCc1ccn[nH]1)NC(=O)OC(C)(C)C. The van der Waals surface area contributed by atoms with Gasteiger partial charge in [-0.25, -0.2) is 4.79 Å². The number of nitrogens with zero attached hydrogens (tertiary/aromatic N) is 1. The largest absolute Gasteiger partial charge is 0.444 e. The van der Waals surface area contributed by atoms with Gasteiger partial charge in [-0.05, 0) is 40.7 Å². The van der Waals surface area contributed by atoms with E-state index in [0.717, 1.165) is 5.69 Å². The number of aromatic nitrogens is 2. The molecule has 0 atom stereocenters. The van der Waals surface area contributed by atoms with Crippen molar-refractivity contribution in [1.82, 2.24) is 20.8 Å². The number of carbonyl (C=O) groups is 1. The van der Waals surface area contributed by atoms with Crippen molar-refractivity contribution in [3.05, 3.63) is 18.0 Å². The third kappa shape index (κ3) is 6.81. The first-order valence-corrected chi connectivity index (χ1v) is 6.38. The predicted molar refractivity (Wildman–Crippen MR) is 73.7 cm³/mol. The van der Waals surface area contributed by atoms with Crippen LogP contribution in [0.4, 0.5) is 4.79 Å². The lowest BCUT2D eigenvalue weighted by Crippen LogP contribution is -2.51. The van der Waals surface area contributed by atoms with E-state index >= 15 is 0 Å². The summed E-state index contributed by atoms with van der Waals surface area (Å²) in [7, 11) is 0. The quantitative estimate of drug-likeness (QED) is 0.761. The molecule has 0 unspecified atom stereocenters. The van der Waals surface area contributed by atoms with Gasteiger partial charge in [-0.1, -0.05) is 0 Å². The average molecular weight is 268 g/mol. The van der Waals surface area contributed by atoms with Gasteiger partial charge in [0.2, 0.25) is 0 Å². The van der Waals surface area contributed by atoms with Gasteiger partial charge in [0.1, 0.15) is 5.60 Å². The number of amides is 1. The molecule has 19 heavy (non-hydrogen) atoms. The van der Waals surface area contributed by atoms with Crippen molar-refractivity contribution in [2.45, 2.75) is 52.3 Å². The van der Waals surface area contributed by atoms with Crippen LogP contribution < -0.4 is 10.6 Å². The fraction of sp³-hybridized carbons (Fsp3) is 0.692. The van der Waals surface area contributed by atoms with Gasteiger partial charge in [0.15, 0.2) is 0 Å². The molecule has 0 aliphatic rings. The topological polar surface area (TPSA) is 79.0 Å². The van der Waals surface area contributed by atoms with E-state index in [1.165, 1.54) is 0 Å². The minimum atomic E-state index is -0.483. The molecular weight excluding hydrogens is 244 g/mol. The molecule has 1 amide bonds. The van der Waals surface area contributed by atoms with Crippen LogP contribution in [0, 0.1) is 0 Å². The molecule has 0 aromatic carbocycles. The number of carbonyl (C=O) groups excluding carboxylic acids is 1. The highest BCUT2D eigenvalue weighted by molar-refractivity contribution is 5.68. The Balaban J connectivity index is 2.32. The highest BCUT2D eigenvalue weighted by Crippen LogP contribution is 2.09. The molecule has 1 aromatic rings. The summed E-state index contributed by atoms with van der Waals surface area (Å²) in [5.74, 6) is 0. The van der Waals surface area contributed by atoms with Gasteiger partial charge >= 0.3 is 6.09 Å². The lowest BCUT2D eigenvalue weighted by molar-refractivity contribution is 0.0472. The van der Waals surface area contributed by atoms with Crippen LogP contribution in [0.3, 0.4) is 0 Å². The van der Waals surface area contributed by atoms with Gasteiger partial charge in [0, 0.05) is 25.0 Å². The van der Waals surface area contributed by atoms with E-state index < -0.39 is 11.7 Å². The van der Waals surface area contributed by atoms with Crippen molar-refractivity contribution in [2.75, 3.05) is 6.54 Å². The fourth-order valence-electron chi connectivity index (χ4n) is 1.52. The summed E-state index contributed by atoms with van der Waals surface area (Å²) in [6.07, 6.45) is 1.31. The summed E-state index contributed by atoms with van der Waals surface area (Å²) >= 11 is 0. The molecule has 1 heterocycles. The van der Waals surface area contributed by atoms with Crippen molar-refractivity contribution in [3.8, 4) is 0 Å². The maximum atomic E-state index is 11.7. The van der Waals surface area contributed by atoms with E-state index in [4.69, 9.17) is 4.74 Å². The van der Waals surface area contributed by atoms with Crippen molar-refractivity contribution < 1.29 is 9.53 Å². The van der Waals surface area contributed by atoms with Gasteiger partial charge in [-0.2, -0.15) is 5.10 Å². The van der Waals surface area contributed by atoms with Gasteiger partial charge in [0.25, 0.3) is 0 Å². The zero-order valence-electron chi connectivity index (χ0n) is 12.3. The van der Waals surface area contributed by atoms with Gasteiger partial charge in [-0.15, -0.1) is 0 Å². The smallest absolute Gasteiger partial charge is 0.408 e. The van der Waals surface area contributed by atoms with Crippen LogP contribution in [0.1, 0.15) is 40.3 Å². The first-order chi connectivity index (χ1) is 8.68. The van der Waals surface area contributed by atoms with Crippen molar-refractivity contribution in [2.24, 2.45) is 0 Å². The second kappa shape index (κ2) is 6.06. The van der Waals surface area contributed by atoms with Crippen LogP contribution in [0.5, 0.6) is 0 Å². The Morgan fingerprint density at radius 1 is 1.37 bits per heavy atom. The zero-order chi connectivity index (χ0) is 14.5. The van der Waals surface area contributed by atoms with Crippen LogP contribution in [0.15, 0.2) is 12.3 Å². The van der Waals surface area contributed by atoms with Gasteiger partial charge in [-0.3, -0.25) is 5.10 Å². The monoisotopic (exact) mass is 268 g/mol. The third-order valence-corrected chi connectivity index (χ3v) is 2.28. The van der Waals surface area contributed by atoms with Crippen LogP contribution in [-0.4, -0.2) is 34.0 Å². The summed E-state index contributed by atoms with van der Waals surface area (Å²) in [4.78, 5) is 11.7. The van der Waals surface area contributed by atoms with E-state index in [1.54, 1.807) is 6.20 Å². The minimum Gasteiger partial charge on any atom is -0.444 e. The molecule has 0 saturated heterocycles. The van der Waals surface area contributed by atoms with E-state index in [0.29, 0.717) is 13.1 Å². The molecule has 108 valence electrons. The number of hydrogen-bond donors (Lipinski definition) is 3. The van der Waals surface area contributed by atoms with E-state index in [1.807, 2.05) is 40.7 Å². The molecule has 0 radical (unpaired) electrons. The number of hydrogen-bond acceptors (Lipinski definition) is 4. The number of nitrogens with one attached hydrogen (secondary N) is 3. The van der Waals surface area contributed by atoms with Crippen molar-refractivity contribution in [3.63, 3.8) is 0 Å². The molecule has 6 heteroatoms. The standard InChI is InChI=1S/C13H24N4O2/c1-12(2,3)19-11(18)16-13(4,5)9-14-8-10-6-7-15-17-10/h6-7,14H,8-9H2,1-5H3,(H,15,17)(H,16,18). The Morgan fingerprint density at radius 2 is 2.05 bits per heavy atom. The van der Waals surface area contributed by atoms with Crippen LogP contribution >= 0.6 is 0 Å². The molecule has 6 nitrogen and oxygen atoms in total.